The molecule has 0 rings (SSSR count). The normalized spacial score (nSPS) is 14.9. The van der Waals surface area contributed by atoms with Gasteiger partial charge in [0.05, 0.1) is 26.4 Å². The average Bonchev–Trinajstić information content (AvgIpc) is 3.67. The molecule has 19 heteroatoms. The summed E-state index contributed by atoms with van der Waals surface area (Å²) in [5.41, 5.74) is 0. The summed E-state index contributed by atoms with van der Waals surface area (Å²) in [4.78, 5) is 72.4. The van der Waals surface area contributed by atoms with E-state index in [4.69, 9.17) is 37.0 Å². The molecule has 0 fully saturated rings. The number of unbranched alkanes of at least 4 members (excludes halogenated alkanes) is 31. The maximum atomic E-state index is 13.0. The molecule has 528 valence electrons. The van der Waals surface area contributed by atoms with Crippen molar-refractivity contribution in [2.75, 3.05) is 39.6 Å². The smallest absolute Gasteiger partial charge is 0.462 e. The third kappa shape index (κ3) is 62.0. The number of phosphoric acid groups is 2. The first-order valence-electron chi connectivity index (χ1n) is 36.3. The Morgan fingerprint density at radius 2 is 0.539 bits per heavy atom. The fourth-order valence-corrected chi connectivity index (χ4v) is 12.0. The van der Waals surface area contributed by atoms with Gasteiger partial charge < -0.3 is 33.8 Å². The van der Waals surface area contributed by atoms with Gasteiger partial charge in [-0.25, -0.2) is 9.13 Å². The minimum absolute atomic E-state index is 0.102. The van der Waals surface area contributed by atoms with Crippen LogP contribution in [-0.4, -0.2) is 96.7 Å². The van der Waals surface area contributed by atoms with Crippen LogP contribution < -0.4 is 0 Å². The Morgan fingerprint density at radius 1 is 0.315 bits per heavy atom. The fourth-order valence-electron chi connectivity index (χ4n) is 10.4. The molecule has 0 spiro atoms. The average molecular weight is 1310 g/mol. The van der Waals surface area contributed by atoms with Gasteiger partial charge in [0.1, 0.15) is 19.3 Å². The van der Waals surface area contributed by atoms with Crippen molar-refractivity contribution >= 4 is 39.5 Å². The first kappa shape index (κ1) is 87.1. The zero-order valence-electron chi connectivity index (χ0n) is 58.1. The largest absolute Gasteiger partial charge is 0.472 e. The van der Waals surface area contributed by atoms with Crippen LogP contribution in [0.3, 0.4) is 0 Å². The molecule has 0 saturated carbocycles. The van der Waals surface area contributed by atoms with Crippen LogP contribution in [0.5, 0.6) is 0 Å². The van der Waals surface area contributed by atoms with Crippen molar-refractivity contribution in [1.82, 2.24) is 0 Å². The lowest BCUT2D eigenvalue weighted by Crippen LogP contribution is -2.30. The van der Waals surface area contributed by atoms with Crippen molar-refractivity contribution in [1.29, 1.82) is 0 Å². The summed E-state index contributed by atoms with van der Waals surface area (Å²) in [6, 6.07) is 0. The molecular weight excluding hydrogens is 1170 g/mol. The molecule has 17 nitrogen and oxygen atoms in total. The van der Waals surface area contributed by atoms with E-state index in [1.807, 2.05) is 0 Å². The van der Waals surface area contributed by atoms with Crippen LogP contribution >= 0.6 is 15.6 Å². The van der Waals surface area contributed by atoms with Crippen LogP contribution in [0.2, 0.25) is 0 Å². The minimum Gasteiger partial charge on any atom is -0.462 e. The number of phosphoric ester groups is 2. The van der Waals surface area contributed by atoms with Crippen molar-refractivity contribution in [2.45, 2.75) is 363 Å². The number of esters is 4. The SMILES string of the molecule is CCC(C)CCCCCCCCC(=O)OC[C@H](COP(=O)(O)OC[C@H](O)COP(=O)(O)OC[C@@H](COC(=O)CCCCCCCCCC(C)C)OC(=O)CCCCCCCCC(C)CC)OC(=O)CCCCCCCCCCCCCCCCCCC(C)C. The van der Waals surface area contributed by atoms with Gasteiger partial charge in [0.2, 0.25) is 0 Å². The van der Waals surface area contributed by atoms with Crippen LogP contribution in [0.4, 0.5) is 0 Å². The summed E-state index contributed by atoms with van der Waals surface area (Å²) in [5, 5.41) is 10.6. The van der Waals surface area contributed by atoms with Gasteiger partial charge in [-0.05, 0) is 49.4 Å². The molecule has 0 bridgehead atoms. The molecule has 0 aromatic rings. The van der Waals surface area contributed by atoms with Gasteiger partial charge in [0.25, 0.3) is 0 Å². The monoisotopic (exact) mass is 1310 g/mol. The third-order valence-corrected chi connectivity index (χ3v) is 18.7. The van der Waals surface area contributed by atoms with Crippen molar-refractivity contribution in [3.63, 3.8) is 0 Å². The van der Waals surface area contributed by atoms with E-state index in [1.54, 1.807) is 0 Å². The highest BCUT2D eigenvalue weighted by atomic mass is 31.2. The Bertz CT molecular complexity index is 1770. The molecule has 89 heavy (non-hydrogen) atoms. The summed E-state index contributed by atoms with van der Waals surface area (Å²) in [5.74, 6) is 0.831. The van der Waals surface area contributed by atoms with Crippen LogP contribution in [0.1, 0.15) is 344 Å². The Hall–Kier alpha value is -1.94. The van der Waals surface area contributed by atoms with Gasteiger partial charge in [-0.15, -0.1) is 0 Å². The van der Waals surface area contributed by atoms with E-state index in [1.165, 1.54) is 135 Å². The first-order chi connectivity index (χ1) is 42.7. The number of carbonyl (C=O) groups excluding carboxylic acids is 4. The van der Waals surface area contributed by atoms with E-state index in [2.05, 4.69) is 55.4 Å². The van der Waals surface area contributed by atoms with Gasteiger partial charge in [-0.2, -0.15) is 0 Å². The van der Waals surface area contributed by atoms with Gasteiger partial charge in [0, 0.05) is 25.7 Å². The standard InChI is InChI=1S/C70H136O17P2/c1-9-62(7)48-40-32-26-28-35-43-51-68(73)81-57-65(86-69(74)52-44-36-24-20-18-16-14-12-11-13-15-17-19-22-30-38-46-60(3)4)58-84-88(76,77)82-54-64(71)55-83-89(78,79)85-59-66(87-70(75)53-45-37-29-27-33-41-49-63(8)10-2)56-80-67(72)50-42-34-25-21-23-31-39-47-61(5)6/h60-66,71H,9-59H2,1-8H3,(H,76,77)(H,78,79)/t62?,63?,64-,65+,66+/m0/s1. The van der Waals surface area contributed by atoms with E-state index in [-0.39, 0.29) is 25.7 Å². The number of rotatable bonds is 67. The number of hydrogen-bond acceptors (Lipinski definition) is 15. The first-order valence-corrected chi connectivity index (χ1v) is 39.3. The highest BCUT2D eigenvalue weighted by Crippen LogP contribution is 2.45. The van der Waals surface area contributed by atoms with Gasteiger partial charge in [0.15, 0.2) is 12.2 Å². The maximum absolute atomic E-state index is 13.0. The number of aliphatic hydroxyl groups is 1. The number of ether oxygens (including phenoxy) is 4. The Labute approximate surface area is 543 Å². The molecule has 0 aliphatic heterocycles. The van der Waals surface area contributed by atoms with Crippen molar-refractivity contribution in [3.8, 4) is 0 Å². The molecule has 0 saturated heterocycles. The fraction of sp³-hybridized carbons (Fsp3) is 0.943. The van der Waals surface area contributed by atoms with Crippen LogP contribution in [-0.2, 0) is 65.4 Å². The number of aliphatic hydroxyl groups excluding tert-OH is 1. The van der Waals surface area contributed by atoms with Crippen LogP contribution in [0.25, 0.3) is 0 Å². The van der Waals surface area contributed by atoms with E-state index < -0.39 is 97.5 Å². The zero-order valence-corrected chi connectivity index (χ0v) is 59.8. The summed E-state index contributed by atoms with van der Waals surface area (Å²) < 4.78 is 68.2. The van der Waals surface area contributed by atoms with Crippen molar-refractivity contribution in [3.05, 3.63) is 0 Å². The molecule has 0 aliphatic rings. The van der Waals surface area contributed by atoms with Crippen LogP contribution in [0.15, 0.2) is 0 Å². The molecule has 0 aliphatic carbocycles. The second-order valence-corrected chi connectivity index (χ2v) is 29.6. The lowest BCUT2D eigenvalue weighted by atomic mass is 10.00. The summed E-state index contributed by atoms with van der Waals surface area (Å²) in [7, 11) is -9.90. The predicted molar refractivity (Wildman–Crippen MR) is 358 cm³/mol. The molecule has 4 unspecified atom stereocenters. The zero-order chi connectivity index (χ0) is 66.1. The molecule has 3 N–H and O–H groups in total. The molecule has 0 amide bonds. The maximum Gasteiger partial charge on any atom is 0.472 e. The van der Waals surface area contributed by atoms with E-state index in [9.17, 15) is 43.2 Å². The molecule has 0 aromatic carbocycles. The Kier molecular flexibility index (Phi) is 58.5. The molecule has 0 aromatic heterocycles. The van der Waals surface area contributed by atoms with E-state index in [0.717, 1.165) is 120 Å². The minimum atomic E-state index is -4.95. The molecule has 7 atom stereocenters. The summed E-state index contributed by atoms with van der Waals surface area (Å²) in [6.07, 6.45) is 41.9. The van der Waals surface area contributed by atoms with Crippen molar-refractivity contribution in [2.24, 2.45) is 23.7 Å². The molecular formula is C70H136O17P2. The predicted octanol–water partition coefficient (Wildman–Crippen LogP) is 19.7. The van der Waals surface area contributed by atoms with Crippen molar-refractivity contribution < 1.29 is 80.2 Å². The third-order valence-electron chi connectivity index (χ3n) is 16.8. The highest BCUT2D eigenvalue weighted by Gasteiger charge is 2.30. The topological polar surface area (TPSA) is 237 Å². The number of carbonyl (C=O) groups is 4. The summed E-state index contributed by atoms with van der Waals surface area (Å²) in [6.45, 7) is 14.0. The van der Waals surface area contributed by atoms with Crippen LogP contribution in [0, 0.1) is 23.7 Å². The van der Waals surface area contributed by atoms with E-state index >= 15 is 0 Å². The van der Waals surface area contributed by atoms with Gasteiger partial charge in [-0.1, -0.05) is 293 Å². The molecule has 0 heterocycles. The lowest BCUT2D eigenvalue weighted by molar-refractivity contribution is -0.161. The second kappa shape index (κ2) is 59.8. The van der Waals surface area contributed by atoms with Gasteiger partial charge >= 0.3 is 39.5 Å². The summed E-state index contributed by atoms with van der Waals surface area (Å²) >= 11 is 0. The Morgan fingerprint density at radius 3 is 0.798 bits per heavy atom. The van der Waals surface area contributed by atoms with E-state index in [0.29, 0.717) is 31.6 Å². The quantitative estimate of drug-likeness (QED) is 0.0222. The number of hydrogen-bond donors (Lipinski definition) is 3. The second-order valence-electron chi connectivity index (χ2n) is 26.7. The lowest BCUT2D eigenvalue weighted by Gasteiger charge is -2.21. The Balaban J connectivity index is 5.20. The van der Waals surface area contributed by atoms with Gasteiger partial charge in [-0.3, -0.25) is 37.3 Å². The molecule has 0 radical (unpaired) electrons. The highest BCUT2D eigenvalue weighted by molar-refractivity contribution is 7.47.